The Labute approximate surface area is 93.5 Å². The molecule has 0 aliphatic heterocycles. The van der Waals surface area contributed by atoms with Crippen molar-refractivity contribution in [3.63, 3.8) is 0 Å². The molecule has 4 heteroatoms. The summed E-state index contributed by atoms with van der Waals surface area (Å²) in [6, 6.07) is 7.23. The van der Waals surface area contributed by atoms with Gasteiger partial charge >= 0.3 is 0 Å². The fourth-order valence-corrected chi connectivity index (χ4v) is 1.71. The van der Waals surface area contributed by atoms with Crippen molar-refractivity contribution in [3.05, 3.63) is 40.3 Å². The molecular weight excluding hydrogens is 202 g/mol. The molecule has 2 aromatic rings. The molecule has 0 spiro atoms. The van der Waals surface area contributed by atoms with E-state index in [9.17, 15) is 4.79 Å². The number of H-pyrrole nitrogens is 1. The lowest BCUT2D eigenvalue weighted by Gasteiger charge is -2.16. The second kappa shape index (κ2) is 4.06. The average molecular weight is 217 g/mol. The third-order valence-corrected chi connectivity index (χ3v) is 2.76. The van der Waals surface area contributed by atoms with E-state index in [0.717, 1.165) is 11.1 Å². The van der Waals surface area contributed by atoms with Crippen LogP contribution in [-0.2, 0) is 0 Å². The van der Waals surface area contributed by atoms with E-state index in [-0.39, 0.29) is 17.5 Å². The normalized spacial score (nSPS) is 13.2. The molecule has 1 heterocycles. The quantitative estimate of drug-likeness (QED) is 0.802. The molecule has 1 aromatic carbocycles. The highest BCUT2D eigenvalue weighted by Gasteiger charge is 2.16. The number of aromatic nitrogens is 2. The van der Waals surface area contributed by atoms with E-state index in [1.165, 1.54) is 0 Å². The number of nitrogens with two attached hydrogens (primary N) is 1. The van der Waals surface area contributed by atoms with Gasteiger partial charge in [-0.05, 0) is 12.0 Å². The molecule has 3 N–H and O–H groups in total. The number of rotatable bonds is 2. The van der Waals surface area contributed by atoms with Gasteiger partial charge < -0.3 is 5.73 Å². The fourth-order valence-electron chi connectivity index (χ4n) is 1.71. The van der Waals surface area contributed by atoms with Crippen molar-refractivity contribution in [1.82, 2.24) is 10.2 Å². The number of benzene rings is 1. The van der Waals surface area contributed by atoms with Gasteiger partial charge in [-0.25, -0.2) is 5.10 Å². The van der Waals surface area contributed by atoms with Gasteiger partial charge in [0.25, 0.3) is 5.56 Å². The van der Waals surface area contributed by atoms with Gasteiger partial charge in [0.15, 0.2) is 0 Å². The van der Waals surface area contributed by atoms with E-state index in [1.807, 2.05) is 32.0 Å². The Kier molecular flexibility index (Phi) is 2.75. The van der Waals surface area contributed by atoms with E-state index < -0.39 is 0 Å². The molecule has 0 fully saturated rings. The number of aromatic amines is 1. The Morgan fingerprint density at radius 3 is 2.50 bits per heavy atom. The van der Waals surface area contributed by atoms with Crippen molar-refractivity contribution >= 4 is 10.8 Å². The lowest BCUT2D eigenvalue weighted by Crippen LogP contribution is -2.21. The molecule has 16 heavy (non-hydrogen) atoms. The monoisotopic (exact) mass is 217 g/mol. The maximum atomic E-state index is 11.6. The van der Waals surface area contributed by atoms with Crippen LogP contribution in [0.1, 0.15) is 25.6 Å². The first kappa shape index (κ1) is 10.8. The second-order valence-corrected chi connectivity index (χ2v) is 4.25. The maximum Gasteiger partial charge on any atom is 0.272 e. The second-order valence-electron chi connectivity index (χ2n) is 4.25. The average Bonchev–Trinajstić information content (AvgIpc) is 2.29. The van der Waals surface area contributed by atoms with Gasteiger partial charge in [0.1, 0.15) is 0 Å². The smallest absolute Gasteiger partial charge is 0.272 e. The van der Waals surface area contributed by atoms with E-state index in [4.69, 9.17) is 5.73 Å². The van der Waals surface area contributed by atoms with Gasteiger partial charge in [-0.15, -0.1) is 0 Å². The Morgan fingerprint density at radius 1 is 1.25 bits per heavy atom. The van der Waals surface area contributed by atoms with Gasteiger partial charge in [-0.1, -0.05) is 32.0 Å². The molecule has 0 saturated carbocycles. The standard InChI is InChI=1S/C12H15N3O/c1-7(2)10(13)11-8-5-3-4-6-9(8)12(16)15-14-11/h3-7,10H,13H2,1-2H3,(H,15,16). The van der Waals surface area contributed by atoms with Crippen LogP contribution in [0.4, 0.5) is 0 Å². The molecule has 4 nitrogen and oxygen atoms in total. The van der Waals surface area contributed by atoms with Crippen LogP contribution >= 0.6 is 0 Å². The molecule has 0 bridgehead atoms. The van der Waals surface area contributed by atoms with E-state index in [2.05, 4.69) is 10.2 Å². The molecule has 1 aromatic heterocycles. The summed E-state index contributed by atoms with van der Waals surface area (Å²) in [4.78, 5) is 11.6. The molecule has 84 valence electrons. The lowest BCUT2D eigenvalue weighted by atomic mass is 9.98. The molecule has 2 rings (SSSR count). The van der Waals surface area contributed by atoms with Crippen LogP contribution in [0, 0.1) is 5.92 Å². The maximum absolute atomic E-state index is 11.6. The Balaban J connectivity index is 2.72. The summed E-state index contributed by atoms with van der Waals surface area (Å²) in [6.07, 6.45) is 0. The summed E-state index contributed by atoms with van der Waals surface area (Å²) in [5.74, 6) is 0.279. The number of hydrogen-bond donors (Lipinski definition) is 2. The third-order valence-electron chi connectivity index (χ3n) is 2.76. The fraction of sp³-hybridized carbons (Fsp3) is 0.333. The van der Waals surface area contributed by atoms with Gasteiger partial charge in [0, 0.05) is 5.39 Å². The summed E-state index contributed by atoms with van der Waals surface area (Å²) in [5, 5.41) is 8.04. The van der Waals surface area contributed by atoms with Crippen molar-refractivity contribution in [3.8, 4) is 0 Å². The van der Waals surface area contributed by atoms with Gasteiger partial charge in [-0.3, -0.25) is 4.79 Å². The van der Waals surface area contributed by atoms with Crippen molar-refractivity contribution in [2.45, 2.75) is 19.9 Å². The first-order valence-electron chi connectivity index (χ1n) is 5.34. The SMILES string of the molecule is CC(C)C(N)c1n[nH]c(=O)c2ccccc12. The van der Waals surface area contributed by atoms with Crippen LogP contribution in [0.5, 0.6) is 0 Å². The molecular formula is C12H15N3O. The predicted molar refractivity (Wildman–Crippen MR) is 64.1 cm³/mol. The summed E-state index contributed by atoms with van der Waals surface area (Å²) < 4.78 is 0. The van der Waals surface area contributed by atoms with Crippen molar-refractivity contribution in [2.75, 3.05) is 0 Å². The summed E-state index contributed by atoms with van der Waals surface area (Å²) in [5.41, 5.74) is 6.65. The van der Waals surface area contributed by atoms with Crippen LogP contribution in [0.3, 0.4) is 0 Å². The largest absolute Gasteiger partial charge is 0.322 e. The van der Waals surface area contributed by atoms with E-state index >= 15 is 0 Å². The molecule has 0 amide bonds. The minimum absolute atomic E-state index is 0.165. The first-order chi connectivity index (χ1) is 7.61. The molecule has 0 saturated heterocycles. The third kappa shape index (κ3) is 1.72. The molecule has 1 atom stereocenters. The minimum atomic E-state index is -0.171. The van der Waals surface area contributed by atoms with Gasteiger partial charge in [0.2, 0.25) is 0 Å². The van der Waals surface area contributed by atoms with E-state index in [1.54, 1.807) is 6.07 Å². The van der Waals surface area contributed by atoms with Crippen LogP contribution < -0.4 is 11.3 Å². The van der Waals surface area contributed by atoms with Crippen LogP contribution in [0.2, 0.25) is 0 Å². The molecule has 0 aliphatic rings. The zero-order valence-corrected chi connectivity index (χ0v) is 9.40. The summed E-state index contributed by atoms with van der Waals surface area (Å²) in [6.45, 7) is 4.07. The highest BCUT2D eigenvalue weighted by molar-refractivity contribution is 5.83. The minimum Gasteiger partial charge on any atom is -0.322 e. The topological polar surface area (TPSA) is 71.8 Å². The number of nitrogens with one attached hydrogen (secondary N) is 1. The Bertz CT molecular complexity index is 559. The first-order valence-corrected chi connectivity index (χ1v) is 5.34. The van der Waals surface area contributed by atoms with Crippen LogP contribution in [-0.4, -0.2) is 10.2 Å². The number of fused-ring (bicyclic) bond motifs is 1. The van der Waals surface area contributed by atoms with Crippen molar-refractivity contribution < 1.29 is 0 Å². The van der Waals surface area contributed by atoms with Gasteiger partial charge in [-0.2, -0.15) is 5.10 Å². The number of hydrogen-bond acceptors (Lipinski definition) is 3. The summed E-state index contributed by atoms with van der Waals surface area (Å²) in [7, 11) is 0. The van der Waals surface area contributed by atoms with E-state index in [0.29, 0.717) is 5.39 Å². The zero-order valence-electron chi connectivity index (χ0n) is 9.40. The zero-order chi connectivity index (χ0) is 11.7. The van der Waals surface area contributed by atoms with Crippen LogP contribution in [0.15, 0.2) is 29.1 Å². The lowest BCUT2D eigenvalue weighted by molar-refractivity contribution is 0.501. The molecule has 1 unspecified atom stereocenters. The van der Waals surface area contributed by atoms with Crippen LogP contribution in [0.25, 0.3) is 10.8 Å². The predicted octanol–water partition coefficient (Wildman–Crippen LogP) is 1.58. The Morgan fingerprint density at radius 2 is 1.88 bits per heavy atom. The van der Waals surface area contributed by atoms with Crippen molar-refractivity contribution in [1.29, 1.82) is 0 Å². The van der Waals surface area contributed by atoms with Crippen molar-refractivity contribution in [2.24, 2.45) is 11.7 Å². The van der Waals surface area contributed by atoms with Gasteiger partial charge in [0.05, 0.1) is 17.1 Å². The Hall–Kier alpha value is -1.68. The molecule has 0 radical (unpaired) electrons. The highest BCUT2D eigenvalue weighted by Crippen LogP contribution is 2.22. The highest BCUT2D eigenvalue weighted by atomic mass is 16.1. The molecule has 0 aliphatic carbocycles. The number of nitrogens with zero attached hydrogens (tertiary/aromatic N) is 1. The summed E-state index contributed by atoms with van der Waals surface area (Å²) >= 11 is 0.